The lowest BCUT2D eigenvalue weighted by Crippen LogP contribution is -2.38. The van der Waals surface area contributed by atoms with Crippen molar-refractivity contribution in [1.29, 1.82) is 0 Å². The van der Waals surface area contributed by atoms with Crippen LogP contribution < -0.4 is 4.74 Å². The van der Waals surface area contributed by atoms with E-state index in [0.717, 1.165) is 11.3 Å². The fourth-order valence-corrected chi connectivity index (χ4v) is 2.18. The monoisotopic (exact) mass is 192 g/mol. The summed E-state index contributed by atoms with van der Waals surface area (Å²) in [6, 6.07) is 7.70. The highest BCUT2D eigenvalue weighted by Crippen LogP contribution is 2.43. The minimum absolute atomic E-state index is 0.139. The molecule has 0 aromatic heterocycles. The fraction of sp³-hybridized carbons (Fsp3) is 0.500. The van der Waals surface area contributed by atoms with Crippen LogP contribution in [0, 0.1) is 5.92 Å². The van der Waals surface area contributed by atoms with Crippen molar-refractivity contribution in [3.05, 3.63) is 29.8 Å². The van der Waals surface area contributed by atoms with Gasteiger partial charge < -0.3 is 9.84 Å². The highest BCUT2D eigenvalue weighted by atomic mass is 16.5. The normalized spacial score (nSPS) is 30.2. The van der Waals surface area contributed by atoms with Gasteiger partial charge in [0.1, 0.15) is 17.5 Å². The number of aliphatic hydroxyl groups is 1. The smallest absolute Gasteiger partial charge is 0.134 e. The second kappa shape index (κ2) is 2.99. The number of rotatable bonds is 1. The Morgan fingerprint density at radius 3 is 2.57 bits per heavy atom. The Morgan fingerprint density at radius 1 is 1.36 bits per heavy atom. The summed E-state index contributed by atoms with van der Waals surface area (Å²) < 4.78 is 5.73. The van der Waals surface area contributed by atoms with E-state index in [1.807, 2.05) is 31.2 Å². The molecule has 0 saturated heterocycles. The highest BCUT2D eigenvalue weighted by molar-refractivity contribution is 5.42. The summed E-state index contributed by atoms with van der Waals surface area (Å²) in [4.78, 5) is 0. The van der Waals surface area contributed by atoms with Gasteiger partial charge in [-0.05, 0) is 18.9 Å². The van der Waals surface area contributed by atoms with Crippen molar-refractivity contribution in [2.75, 3.05) is 0 Å². The molecule has 0 amide bonds. The van der Waals surface area contributed by atoms with E-state index in [0.29, 0.717) is 5.92 Å². The van der Waals surface area contributed by atoms with Gasteiger partial charge in [0.25, 0.3) is 0 Å². The SMILES string of the molecule is CC(C)[C@@H]1Oc2ccccc2[C@@]1(C)O. The molecule has 2 heteroatoms. The van der Waals surface area contributed by atoms with E-state index in [9.17, 15) is 5.11 Å². The van der Waals surface area contributed by atoms with Crippen molar-refractivity contribution in [2.24, 2.45) is 5.92 Å². The van der Waals surface area contributed by atoms with E-state index in [2.05, 4.69) is 13.8 Å². The maximum absolute atomic E-state index is 10.4. The molecule has 0 aliphatic carbocycles. The molecule has 1 aromatic rings. The molecule has 2 nitrogen and oxygen atoms in total. The van der Waals surface area contributed by atoms with Crippen LogP contribution in [0.1, 0.15) is 26.3 Å². The van der Waals surface area contributed by atoms with Crippen molar-refractivity contribution in [3.63, 3.8) is 0 Å². The number of hydrogen-bond acceptors (Lipinski definition) is 2. The zero-order chi connectivity index (χ0) is 10.3. The summed E-state index contributed by atoms with van der Waals surface area (Å²) in [7, 11) is 0. The van der Waals surface area contributed by atoms with Crippen LogP contribution in [-0.2, 0) is 5.60 Å². The zero-order valence-electron chi connectivity index (χ0n) is 8.82. The van der Waals surface area contributed by atoms with Gasteiger partial charge in [-0.2, -0.15) is 0 Å². The van der Waals surface area contributed by atoms with E-state index >= 15 is 0 Å². The van der Waals surface area contributed by atoms with Gasteiger partial charge in [-0.15, -0.1) is 0 Å². The van der Waals surface area contributed by atoms with Crippen molar-refractivity contribution in [2.45, 2.75) is 32.5 Å². The first-order valence-electron chi connectivity index (χ1n) is 5.02. The summed E-state index contributed by atoms with van der Waals surface area (Å²) in [5.41, 5.74) is 0.0452. The zero-order valence-corrected chi connectivity index (χ0v) is 8.82. The maximum Gasteiger partial charge on any atom is 0.134 e. The van der Waals surface area contributed by atoms with Gasteiger partial charge in [-0.1, -0.05) is 32.0 Å². The van der Waals surface area contributed by atoms with Gasteiger partial charge in [0.15, 0.2) is 0 Å². The van der Waals surface area contributed by atoms with Crippen LogP contribution in [0.25, 0.3) is 0 Å². The first kappa shape index (κ1) is 9.53. The van der Waals surface area contributed by atoms with Crippen LogP contribution in [-0.4, -0.2) is 11.2 Å². The maximum atomic E-state index is 10.4. The standard InChI is InChI=1S/C12H16O2/c1-8(2)11-12(3,13)9-6-4-5-7-10(9)14-11/h4-8,11,13H,1-3H3/t11-,12+/m0/s1. The number of hydrogen-bond donors (Lipinski definition) is 1. The van der Waals surface area contributed by atoms with Crippen LogP contribution in [0.2, 0.25) is 0 Å². The van der Waals surface area contributed by atoms with Gasteiger partial charge in [0.05, 0.1) is 0 Å². The molecule has 2 rings (SSSR count). The van der Waals surface area contributed by atoms with Crippen molar-refractivity contribution < 1.29 is 9.84 Å². The lowest BCUT2D eigenvalue weighted by molar-refractivity contribution is -0.0456. The first-order chi connectivity index (χ1) is 6.53. The summed E-state index contributed by atoms with van der Waals surface area (Å²) in [6.45, 7) is 5.94. The fourth-order valence-electron chi connectivity index (χ4n) is 2.18. The van der Waals surface area contributed by atoms with Crippen molar-refractivity contribution >= 4 is 0 Å². The quantitative estimate of drug-likeness (QED) is 0.740. The summed E-state index contributed by atoms with van der Waals surface area (Å²) in [5, 5.41) is 10.4. The third kappa shape index (κ3) is 1.22. The van der Waals surface area contributed by atoms with E-state index < -0.39 is 5.60 Å². The Bertz CT molecular complexity index is 342. The average molecular weight is 192 g/mol. The molecule has 0 bridgehead atoms. The third-order valence-corrected chi connectivity index (χ3v) is 2.85. The van der Waals surface area contributed by atoms with Crippen LogP contribution >= 0.6 is 0 Å². The molecule has 1 heterocycles. The number of fused-ring (bicyclic) bond motifs is 1. The van der Waals surface area contributed by atoms with Gasteiger partial charge in [0, 0.05) is 5.56 Å². The van der Waals surface area contributed by atoms with Gasteiger partial charge in [-0.25, -0.2) is 0 Å². The molecule has 14 heavy (non-hydrogen) atoms. The van der Waals surface area contributed by atoms with Crippen LogP contribution in [0.5, 0.6) is 5.75 Å². The Hall–Kier alpha value is -1.02. The number of ether oxygens (including phenoxy) is 1. The van der Waals surface area contributed by atoms with E-state index in [-0.39, 0.29) is 6.10 Å². The van der Waals surface area contributed by atoms with E-state index in [1.54, 1.807) is 0 Å². The predicted octanol–water partition coefficient (Wildman–Crippen LogP) is 2.31. The van der Waals surface area contributed by atoms with Gasteiger partial charge in [-0.3, -0.25) is 0 Å². The molecular formula is C12H16O2. The van der Waals surface area contributed by atoms with Gasteiger partial charge >= 0.3 is 0 Å². The molecule has 0 unspecified atom stereocenters. The molecule has 1 aliphatic heterocycles. The average Bonchev–Trinajstić information content (AvgIpc) is 2.39. The Balaban J connectivity index is 2.45. The molecule has 0 fully saturated rings. The number of para-hydroxylation sites is 1. The third-order valence-electron chi connectivity index (χ3n) is 2.85. The lowest BCUT2D eigenvalue weighted by Gasteiger charge is -2.27. The minimum atomic E-state index is -0.856. The van der Waals surface area contributed by atoms with Crippen molar-refractivity contribution in [1.82, 2.24) is 0 Å². The molecule has 0 radical (unpaired) electrons. The Kier molecular flexibility index (Phi) is 2.04. The highest BCUT2D eigenvalue weighted by Gasteiger charge is 2.44. The summed E-state index contributed by atoms with van der Waals surface area (Å²) >= 11 is 0. The van der Waals surface area contributed by atoms with Crippen LogP contribution in [0.4, 0.5) is 0 Å². The summed E-state index contributed by atoms with van der Waals surface area (Å²) in [5.74, 6) is 1.12. The molecule has 1 N–H and O–H groups in total. The van der Waals surface area contributed by atoms with Crippen molar-refractivity contribution in [3.8, 4) is 5.75 Å². The predicted molar refractivity (Wildman–Crippen MR) is 55.3 cm³/mol. The molecule has 0 spiro atoms. The van der Waals surface area contributed by atoms with E-state index in [1.165, 1.54) is 0 Å². The topological polar surface area (TPSA) is 29.5 Å². The Morgan fingerprint density at radius 2 is 2.00 bits per heavy atom. The van der Waals surface area contributed by atoms with E-state index in [4.69, 9.17) is 4.74 Å². The Labute approximate surface area is 84.5 Å². The summed E-state index contributed by atoms with van der Waals surface area (Å²) in [6.07, 6.45) is -0.139. The van der Waals surface area contributed by atoms with Crippen LogP contribution in [0.3, 0.4) is 0 Å². The molecular weight excluding hydrogens is 176 g/mol. The molecule has 2 atom stereocenters. The molecule has 1 aromatic carbocycles. The van der Waals surface area contributed by atoms with Crippen LogP contribution in [0.15, 0.2) is 24.3 Å². The molecule has 0 saturated carbocycles. The van der Waals surface area contributed by atoms with Gasteiger partial charge in [0.2, 0.25) is 0 Å². The number of benzene rings is 1. The first-order valence-corrected chi connectivity index (χ1v) is 5.02. The second-order valence-electron chi connectivity index (χ2n) is 4.43. The lowest BCUT2D eigenvalue weighted by atomic mass is 9.86. The second-order valence-corrected chi connectivity index (χ2v) is 4.43. The minimum Gasteiger partial charge on any atom is -0.486 e. The molecule has 1 aliphatic rings. The molecule has 76 valence electrons. The largest absolute Gasteiger partial charge is 0.486 e.